The molecule has 0 saturated carbocycles. The van der Waals surface area contributed by atoms with Crippen molar-refractivity contribution in [3.05, 3.63) is 49.5 Å². The maximum absolute atomic E-state index is 12.1. The average Bonchev–Trinajstić information content (AvgIpc) is 3.12. The molecule has 124 valence electrons. The average molecular weight is 345 g/mol. The number of anilines is 1. The van der Waals surface area contributed by atoms with Gasteiger partial charge < -0.3 is 10.1 Å². The van der Waals surface area contributed by atoms with Crippen LogP contribution in [0.2, 0.25) is 0 Å². The van der Waals surface area contributed by atoms with Crippen molar-refractivity contribution in [3.63, 3.8) is 0 Å². The van der Waals surface area contributed by atoms with E-state index in [-0.39, 0.29) is 5.56 Å². The third-order valence-electron chi connectivity index (χ3n) is 3.38. The summed E-state index contributed by atoms with van der Waals surface area (Å²) >= 11 is 1.21. The van der Waals surface area contributed by atoms with Gasteiger partial charge in [-0.15, -0.1) is 0 Å². The molecule has 0 atom stereocenters. The molecule has 1 aliphatic heterocycles. The highest BCUT2D eigenvalue weighted by Crippen LogP contribution is 2.10. The highest BCUT2D eigenvalue weighted by molar-refractivity contribution is 7.07. The van der Waals surface area contributed by atoms with Crippen molar-refractivity contribution in [2.75, 3.05) is 18.5 Å². The molecule has 0 unspecified atom stereocenters. The number of nitrogens with zero attached hydrogens (tertiary/aromatic N) is 2. The van der Waals surface area contributed by atoms with Crippen LogP contribution < -0.4 is 20.2 Å². The molecule has 1 aromatic heterocycles. The molecule has 24 heavy (non-hydrogen) atoms. The van der Waals surface area contributed by atoms with Gasteiger partial charge in [-0.2, -0.15) is 0 Å². The number of benzene rings is 1. The van der Waals surface area contributed by atoms with Crippen LogP contribution in [0.15, 0.2) is 34.1 Å². The number of esters is 1. The van der Waals surface area contributed by atoms with Crippen LogP contribution in [0.4, 0.5) is 5.69 Å². The predicted octanol–water partition coefficient (Wildman–Crippen LogP) is 0.139. The van der Waals surface area contributed by atoms with Crippen LogP contribution in [-0.4, -0.2) is 29.6 Å². The van der Waals surface area contributed by atoms with Gasteiger partial charge in [0, 0.05) is 18.3 Å². The van der Waals surface area contributed by atoms with Crippen molar-refractivity contribution in [2.45, 2.75) is 13.5 Å². The Hall–Kier alpha value is -2.74. The van der Waals surface area contributed by atoms with Crippen LogP contribution in [0.25, 0.3) is 6.08 Å². The zero-order valence-electron chi connectivity index (χ0n) is 12.9. The largest absolute Gasteiger partial charge is 0.462 e. The Kier molecular flexibility index (Phi) is 4.57. The molecule has 8 heteroatoms. The van der Waals surface area contributed by atoms with Gasteiger partial charge >= 0.3 is 5.97 Å². The standard InChI is InChI=1S/C16H15N3O4S/c1-2-23-15(22)10-3-5-11(6-4-10)18-13(20)9-12-14(21)19-8-7-17-16(19)24-12/h3-6,9H,2,7-8H2,1H3,(H,18,20)/b12-9-. The molecule has 0 fully saturated rings. The van der Waals surface area contributed by atoms with Crippen molar-refractivity contribution < 1.29 is 14.3 Å². The molecule has 1 aromatic carbocycles. The summed E-state index contributed by atoms with van der Waals surface area (Å²) in [7, 11) is 0. The number of amides is 1. The Morgan fingerprint density at radius 2 is 2.12 bits per heavy atom. The number of ether oxygens (including phenoxy) is 1. The minimum absolute atomic E-state index is 0.191. The Labute approximate surface area is 140 Å². The molecule has 0 spiro atoms. The highest BCUT2D eigenvalue weighted by Gasteiger charge is 2.11. The van der Waals surface area contributed by atoms with E-state index in [0.717, 1.165) is 0 Å². The second-order valence-electron chi connectivity index (χ2n) is 5.02. The fourth-order valence-electron chi connectivity index (χ4n) is 2.27. The first kappa shape index (κ1) is 16.1. The SMILES string of the molecule is CCOC(=O)c1ccc(NC(=O)/C=c2\sc3n(c2=O)CCN=3)cc1. The molecule has 0 radical (unpaired) electrons. The first-order valence-corrected chi connectivity index (χ1v) is 8.24. The fraction of sp³-hybridized carbons (Fsp3) is 0.250. The zero-order valence-corrected chi connectivity index (χ0v) is 13.8. The summed E-state index contributed by atoms with van der Waals surface area (Å²) in [4.78, 5) is 40.5. The molecule has 0 bridgehead atoms. The number of nitrogens with one attached hydrogen (secondary N) is 1. The van der Waals surface area contributed by atoms with Crippen LogP contribution in [0.1, 0.15) is 17.3 Å². The molecule has 2 aromatic rings. The number of rotatable bonds is 4. The molecule has 2 heterocycles. The molecule has 3 rings (SSSR count). The summed E-state index contributed by atoms with van der Waals surface area (Å²) in [6.45, 7) is 3.22. The number of hydrogen-bond acceptors (Lipinski definition) is 6. The zero-order chi connectivity index (χ0) is 17.1. The lowest BCUT2D eigenvalue weighted by Gasteiger charge is -2.04. The van der Waals surface area contributed by atoms with Crippen LogP contribution in [0, 0.1) is 0 Å². The van der Waals surface area contributed by atoms with Gasteiger partial charge in [-0.1, -0.05) is 11.3 Å². The smallest absolute Gasteiger partial charge is 0.338 e. The Morgan fingerprint density at radius 3 is 2.79 bits per heavy atom. The van der Waals surface area contributed by atoms with E-state index in [1.165, 1.54) is 17.4 Å². The molecule has 1 aliphatic rings. The maximum atomic E-state index is 12.1. The third-order valence-corrected chi connectivity index (χ3v) is 4.43. The quantitative estimate of drug-likeness (QED) is 0.798. The third kappa shape index (κ3) is 3.28. The van der Waals surface area contributed by atoms with E-state index in [2.05, 4.69) is 10.3 Å². The first-order chi connectivity index (χ1) is 11.6. The number of carbonyl (C=O) groups is 2. The van der Waals surface area contributed by atoms with Crippen molar-refractivity contribution in [1.82, 2.24) is 4.57 Å². The number of thiazole rings is 1. The van der Waals surface area contributed by atoms with E-state index in [1.807, 2.05) is 0 Å². The lowest BCUT2D eigenvalue weighted by molar-refractivity contribution is -0.110. The summed E-state index contributed by atoms with van der Waals surface area (Å²) in [5.74, 6) is -0.816. The van der Waals surface area contributed by atoms with Crippen LogP contribution >= 0.6 is 11.3 Å². The van der Waals surface area contributed by atoms with Crippen molar-refractivity contribution >= 4 is 35.0 Å². The minimum Gasteiger partial charge on any atom is -0.462 e. The van der Waals surface area contributed by atoms with Gasteiger partial charge in [-0.05, 0) is 31.2 Å². The topological polar surface area (TPSA) is 89.8 Å². The molecule has 0 aliphatic carbocycles. The number of carbonyl (C=O) groups excluding carboxylic acids is 2. The molecule has 0 saturated heterocycles. The summed E-state index contributed by atoms with van der Waals surface area (Å²) < 4.78 is 6.82. The number of aromatic nitrogens is 1. The Balaban J connectivity index is 1.75. The van der Waals surface area contributed by atoms with E-state index in [0.29, 0.717) is 40.3 Å². The summed E-state index contributed by atoms with van der Waals surface area (Å²) in [5, 5.41) is 2.66. The lowest BCUT2D eigenvalue weighted by Crippen LogP contribution is -2.30. The fourth-order valence-corrected chi connectivity index (χ4v) is 3.27. The van der Waals surface area contributed by atoms with E-state index in [1.54, 1.807) is 35.8 Å². The molecular weight excluding hydrogens is 330 g/mol. The number of fused-ring (bicyclic) bond motifs is 1. The van der Waals surface area contributed by atoms with Crippen LogP contribution in [0.3, 0.4) is 0 Å². The first-order valence-electron chi connectivity index (χ1n) is 7.42. The molecule has 7 nitrogen and oxygen atoms in total. The van der Waals surface area contributed by atoms with Crippen molar-refractivity contribution in [3.8, 4) is 0 Å². The molecule has 1 amide bonds. The van der Waals surface area contributed by atoms with Gasteiger partial charge in [0.1, 0.15) is 4.53 Å². The van der Waals surface area contributed by atoms with Gasteiger partial charge in [0.05, 0.1) is 18.7 Å². The van der Waals surface area contributed by atoms with Crippen LogP contribution in [-0.2, 0) is 16.1 Å². The van der Waals surface area contributed by atoms with Crippen molar-refractivity contribution in [1.29, 1.82) is 0 Å². The van der Waals surface area contributed by atoms with Gasteiger partial charge in [0.15, 0.2) is 4.80 Å². The van der Waals surface area contributed by atoms with Gasteiger partial charge in [0.25, 0.3) is 5.56 Å². The predicted molar refractivity (Wildman–Crippen MR) is 89.7 cm³/mol. The summed E-state index contributed by atoms with van der Waals surface area (Å²) in [5.41, 5.74) is 0.746. The minimum atomic E-state index is -0.410. The van der Waals surface area contributed by atoms with E-state index in [4.69, 9.17) is 4.74 Å². The van der Waals surface area contributed by atoms with E-state index < -0.39 is 11.9 Å². The molecule has 1 N–H and O–H groups in total. The van der Waals surface area contributed by atoms with Gasteiger partial charge in [0.2, 0.25) is 5.91 Å². The normalized spacial score (nSPS) is 13.3. The monoisotopic (exact) mass is 345 g/mol. The lowest BCUT2D eigenvalue weighted by atomic mass is 10.2. The Bertz CT molecular complexity index is 957. The maximum Gasteiger partial charge on any atom is 0.338 e. The second-order valence-corrected chi connectivity index (χ2v) is 6.03. The van der Waals surface area contributed by atoms with E-state index >= 15 is 0 Å². The summed E-state index contributed by atoms with van der Waals surface area (Å²) in [6.07, 6.45) is 1.27. The molecular formula is C16H15N3O4S. The Morgan fingerprint density at radius 1 is 1.38 bits per heavy atom. The van der Waals surface area contributed by atoms with E-state index in [9.17, 15) is 14.4 Å². The highest BCUT2D eigenvalue weighted by atomic mass is 32.1. The summed E-state index contributed by atoms with van der Waals surface area (Å²) in [6, 6.07) is 6.35. The van der Waals surface area contributed by atoms with Gasteiger partial charge in [-0.3, -0.25) is 19.1 Å². The van der Waals surface area contributed by atoms with Crippen LogP contribution in [0.5, 0.6) is 0 Å². The number of hydrogen-bond donors (Lipinski definition) is 1. The van der Waals surface area contributed by atoms with Crippen molar-refractivity contribution in [2.24, 2.45) is 4.99 Å². The van der Waals surface area contributed by atoms with Gasteiger partial charge in [-0.25, -0.2) is 4.79 Å². The second kappa shape index (κ2) is 6.79.